The highest BCUT2D eigenvalue weighted by molar-refractivity contribution is 9.10. The molecule has 12 heavy (non-hydrogen) atoms. The lowest BCUT2D eigenvalue weighted by molar-refractivity contribution is 0.102. The Labute approximate surface area is 79.7 Å². The molecule has 1 saturated carbocycles. The van der Waals surface area contributed by atoms with E-state index in [0.29, 0.717) is 16.3 Å². The van der Waals surface area contributed by atoms with E-state index >= 15 is 0 Å². The number of halogens is 1. The molecule has 2 rings (SSSR count). The minimum Gasteiger partial charge on any atom is -0.451 e. The third-order valence-corrected chi connectivity index (χ3v) is 2.99. The third-order valence-electron chi connectivity index (χ3n) is 2.57. The first-order valence-electron chi connectivity index (χ1n) is 4.15. The molecule has 1 aromatic rings. The van der Waals surface area contributed by atoms with Gasteiger partial charge in [0.1, 0.15) is 11.4 Å². The molecule has 0 aromatic carbocycles. The number of hydrogen-bond acceptors (Lipinski definition) is 2. The van der Waals surface area contributed by atoms with Crippen molar-refractivity contribution in [2.45, 2.75) is 25.4 Å². The fraction of sp³-hybridized carbons (Fsp3) is 0.556. The molecule has 2 nitrogen and oxygen atoms in total. The number of rotatable bonds is 2. The van der Waals surface area contributed by atoms with Gasteiger partial charge in [0.2, 0.25) is 0 Å². The molecule has 3 heteroatoms. The standard InChI is InChI=1S/C9H11BrO2/c1-2-6-5-9(6,11)7-3-4-8(10)12-7/h3-4,6,11H,2,5H2,1H3. The molecule has 1 N–H and O–H groups in total. The van der Waals surface area contributed by atoms with Gasteiger partial charge in [0, 0.05) is 0 Å². The maximum absolute atomic E-state index is 9.96. The van der Waals surface area contributed by atoms with E-state index in [1.807, 2.05) is 12.1 Å². The fourth-order valence-electron chi connectivity index (χ4n) is 1.65. The van der Waals surface area contributed by atoms with Gasteiger partial charge in [-0.15, -0.1) is 0 Å². The number of furan rings is 1. The van der Waals surface area contributed by atoms with Crippen LogP contribution in [0, 0.1) is 5.92 Å². The molecule has 66 valence electrons. The van der Waals surface area contributed by atoms with Crippen molar-refractivity contribution in [1.82, 2.24) is 0 Å². The van der Waals surface area contributed by atoms with Gasteiger partial charge in [-0.3, -0.25) is 0 Å². The van der Waals surface area contributed by atoms with E-state index in [2.05, 4.69) is 22.9 Å². The minimum absolute atomic E-state index is 0.385. The van der Waals surface area contributed by atoms with E-state index in [-0.39, 0.29) is 0 Å². The molecule has 1 heterocycles. The van der Waals surface area contributed by atoms with Gasteiger partial charge in [0.15, 0.2) is 4.67 Å². The van der Waals surface area contributed by atoms with Crippen LogP contribution in [0.3, 0.4) is 0 Å². The van der Waals surface area contributed by atoms with Crippen molar-refractivity contribution in [3.05, 3.63) is 22.6 Å². The highest BCUT2D eigenvalue weighted by atomic mass is 79.9. The zero-order valence-electron chi connectivity index (χ0n) is 6.88. The Morgan fingerprint density at radius 3 is 2.92 bits per heavy atom. The van der Waals surface area contributed by atoms with Crippen molar-refractivity contribution < 1.29 is 9.52 Å². The van der Waals surface area contributed by atoms with Gasteiger partial charge in [0.25, 0.3) is 0 Å². The summed E-state index contributed by atoms with van der Waals surface area (Å²) in [7, 11) is 0. The van der Waals surface area contributed by atoms with E-state index in [1.165, 1.54) is 0 Å². The Hall–Kier alpha value is -0.280. The minimum atomic E-state index is -0.666. The predicted molar refractivity (Wildman–Crippen MR) is 48.7 cm³/mol. The number of hydrogen-bond donors (Lipinski definition) is 1. The van der Waals surface area contributed by atoms with E-state index in [4.69, 9.17) is 4.42 Å². The van der Waals surface area contributed by atoms with Gasteiger partial charge in [-0.2, -0.15) is 0 Å². The summed E-state index contributed by atoms with van der Waals surface area (Å²) in [6.07, 6.45) is 1.85. The molecule has 0 radical (unpaired) electrons. The summed E-state index contributed by atoms with van der Waals surface area (Å²) in [5.74, 6) is 1.08. The highest BCUT2D eigenvalue weighted by Crippen LogP contribution is 2.54. The first-order valence-corrected chi connectivity index (χ1v) is 4.94. The van der Waals surface area contributed by atoms with E-state index in [0.717, 1.165) is 12.8 Å². The average Bonchev–Trinajstić information content (AvgIpc) is 2.50. The Kier molecular flexibility index (Phi) is 1.81. The molecular formula is C9H11BrO2. The van der Waals surface area contributed by atoms with Crippen LogP contribution < -0.4 is 0 Å². The smallest absolute Gasteiger partial charge is 0.169 e. The topological polar surface area (TPSA) is 33.4 Å². The second-order valence-electron chi connectivity index (χ2n) is 3.34. The fourth-order valence-corrected chi connectivity index (χ4v) is 1.95. The SMILES string of the molecule is CCC1CC1(O)c1ccc(Br)o1. The number of aliphatic hydroxyl groups is 1. The lowest BCUT2D eigenvalue weighted by atomic mass is 10.2. The molecule has 1 aromatic heterocycles. The highest BCUT2D eigenvalue weighted by Gasteiger charge is 2.55. The summed E-state index contributed by atoms with van der Waals surface area (Å²) in [6, 6.07) is 3.65. The molecule has 2 unspecified atom stereocenters. The van der Waals surface area contributed by atoms with E-state index in [9.17, 15) is 5.11 Å². The summed E-state index contributed by atoms with van der Waals surface area (Å²) < 4.78 is 6.00. The summed E-state index contributed by atoms with van der Waals surface area (Å²) >= 11 is 3.22. The molecule has 0 spiro atoms. The monoisotopic (exact) mass is 230 g/mol. The maximum Gasteiger partial charge on any atom is 0.169 e. The van der Waals surface area contributed by atoms with Crippen LogP contribution in [-0.2, 0) is 5.60 Å². The molecule has 2 atom stereocenters. The Morgan fingerprint density at radius 1 is 1.75 bits per heavy atom. The van der Waals surface area contributed by atoms with Gasteiger partial charge >= 0.3 is 0 Å². The van der Waals surface area contributed by atoms with Crippen LogP contribution in [0.1, 0.15) is 25.5 Å². The quantitative estimate of drug-likeness (QED) is 0.848. The van der Waals surface area contributed by atoms with Gasteiger partial charge < -0.3 is 9.52 Å². The van der Waals surface area contributed by atoms with Crippen LogP contribution in [0.25, 0.3) is 0 Å². The molecule has 0 bridgehead atoms. The van der Waals surface area contributed by atoms with Gasteiger partial charge in [0.05, 0.1) is 0 Å². The first kappa shape index (κ1) is 8.32. The van der Waals surface area contributed by atoms with Crippen molar-refractivity contribution in [2.24, 2.45) is 5.92 Å². The van der Waals surface area contributed by atoms with E-state index < -0.39 is 5.60 Å². The second kappa shape index (κ2) is 2.60. The largest absolute Gasteiger partial charge is 0.451 e. The van der Waals surface area contributed by atoms with Crippen LogP contribution in [-0.4, -0.2) is 5.11 Å². The van der Waals surface area contributed by atoms with Crippen LogP contribution in [0.5, 0.6) is 0 Å². The summed E-state index contributed by atoms with van der Waals surface area (Å²) in [4.78, 5) is 0. The van der Waals surface area contributed by atoms with Crippen molar-refractivity contribution in [2.75, 3.05) is 0 Å². The van der Waals surface area contributed by atoms with Crippen LogP contribution in [0.15, 0.2) is 21.2 Å². The van der Waals surface area contributed by atoms with Crippen molar-refractivity contribution in [1.29, 1.82) is 0 Å². The molecule has 1 aliphatic rings. The summed E-state index contributed by atoms with van der Waals surface area (Å²) in [6.45, 7) is 2.08. The molecular weight excluding hydrogens is 220 g/mol. The van der Waals surface area contributed by atoms with Crippen LogP contribution >= 0.6 is 15.9 Å². The zero-order chi connectivity index (χ0) is 8.77. The Bertz CT molecular complexity index is 294. The van der Waals surface area contributed by atoms with Crippen LogP contribution in [0.4, 0.5) is 0 Å². The lowest BCUT2D eigenvalue weighted by Crippen LogP contribution is -2.06. The molecule has 1 aliphatic carbocycles. The molecule has 1 fully saturated rings. The maximum atomic E-state index is 9.96. The molecule has 0 amide bonds. The lowest BCUT2D eigenvalue weighted by Gasteiger charge is -2.04. The second-order valence-corrected chi connectivity index (χ2v) is 4.12. The first-order chi connectivity index (χ1) is 5.66. The zero-order valence-corrected chi connectivity index (χ0v) is 8.47. The Morgan fingerprint density at radius 2 is 2.50 bits per heavy atom. The molecule has 0 saturated heterocycles. The van der Waals surface area contributed by atoms with Gasteiger partial charge in [-0.05, 0) is 46.8 Å². The van der Waals surface area contributed by atoms with Gasteiger partial charge in [-0.25, -0.2) is 0 Å². The average molecular weight is 231 g/mol. The van der Waals surface area contributed by atoms with Crippen molar-refractivity contribution in [3.63, 3.8) is 0 Å². The van der Waals surface area contributed by atoms with E-state index in [1.54, 1.807) is 0 Å². The predicted octanol–water partition coefficient (Wildman–Crippen LogP) is 2.66. The van der Waals surface area contributed by atoms with Gasteiger partial charge in [-0.1, -0.05) is 6.92 Å². The summed E-state index contributed by atoms with van der Waals surface area (Å²) in [5, 5.41) is 9.96. The van der Waals surface area contributed by atoms with Crippen molar-refractivity contribution >= 4 is 15.9 Å². The Balaban J connectivity index is 2.22. The normalized spacial score (nSPS) is 33.8. The molecule has 0 aliphatic heterocycles. The third kappa shape index (κ3) is 1.12. The summed E-state index contributed by atoms with van der Waals surface area (Å²) in [5.41, 5.74) is -0.666. The van der Waals surface area contributed by atoms with Crippen molar-refractivity contribution in [3.8, 4) is 0 Å². The van der Waals surface area contributed by atoms with Crippen LogP contribution in [0.2, 0.25) is 0 Å².